The van der Waals surface area contributed by atoms with Crippen LogP contribution in [0.3, 0.4) is 0 Å². The summed E-state index contributed by atoms with van der Waals surface area (Å²) in [5.41, 5.74) is 8.47. The molecule has 21 heavy (non-hydrogen) atoms. The molecule has 1 saturated heterocycles. The lowest BCUT2D eigenvalue weighted by Gasteiger charge is -2.22. The molecule has 0 amide bonds. The summed E-state index contributed by atoms with van der Waals surface area (Å²) in [4.78, 5) is 2.57. The predicted octanol–water partition coefficient (Wildman–Crippen LogP) is 3.73. The van der Waals surface area contributed by atoms with E-state index in [0.717, 1.165) is 18.2 Å². The fraction of sp³-hybridized carbons (Fsp3) is 0.667. The van der Waals surface area contributed by atoms with Crippen LogP contribution in [0, 0.1) is 5.92 Å². The molecule has 1 aliphatic heterocycles. The molecule has 1 aliphatic rings. The van der Waals surface area contributed by atoms with Crippen molar-refractivity contribution < 1.29 is 4.74 Å². The second kappa shape index (κ2) is 7.81. The first-order chi connectivity index (χ1) is 10.1. The molecule has 0 bridgehead atoms. The highest BCUT2D eigenvalue weighted by molar-refractivity contribution is 5.38. The van der Waals surface area contributed by atoms with Crippen LogP contribution >= 0.6 is 0 Å². The van der Waals surface area contributed by atoms with Crippen molar-refractivity contribution in [2.75, 3.05) is 20.2 Å². The van der Waals surface area contributed by atoms with Crippen LogP contribution in [0.25, 0.3) is 0 Å². The van der Waals surface area contributed by atoms with Crippen LogP contribution in [0.15, 0.2) is 18.2 Å². The van der Waals surface area contributed by atoms with Crippen molar-refractivity contribution in [3.63, 3.8) is 0 Å². The van der Waals surface area contributed by atoms with E-state index in [2.05, 4.69) is 30.0 Å². The summed E-state index contributed by atoms with van der Waals surface area (Å²) in [5.74, 6) is 1.89. The molecule has 0 saturated carbocycles. The number of methoxy groups -OCH3 is 1. The topological polar surface area (TPSA) is 38.5 Å². The Kier molecular flexibility index (Phi) is 6.07. The fourth-order valence-corrected chi connectivity index (χ4v) is 3.24. The van der Waals surface area contributed by atoms with Gasteiger partial charge in [-0.05, 0) is 62.9 Å². The van der Waals surface area contributed by atoms with Crippen molar-refractivity contribution in [2.24, 2.45) is 11.7 Å². The summed E-state index contributed by atoms with van der Waals surface area (Å²) in [6.07, 6.45) is 5.33. The highest BCUT2D eigenvalue weighted by Gasteiger charge is 2.17. The van der Waals surface area contributed by atoms with Gasteiger partial charge in [-0.2, -0.15) is 0 Å². The number of nitrogens with zero attached hydrogens (tertiary/aromatic N) is 1. The van der Waals surface area contributed by atoms with Crippen LogP contribution in [0.1, 0.15) is 56.7 Å². The van der Waals surface area contributed by atoms with Crippen LogP contribution in [0.5, 0.6) is 5.75 Å². The van der Waals surface area contributed by atoms with Crippen molar-refractivity contribution in [3.05, 3.63) is 29.3 Å². The Morgan fingerprint density at radius 1 is 1.33 bits per heavy atom. The maximum absolute atomic E-state index is 6.01. The lowest BCUT2D eigenvalue weighted by Crippen LogP contribution is -2.24. The van der Waals surface area contributed by atoms with Crippen LogP contribution in [-0.4, -0.2) is 25.1 Å². The Bertz CT molecular complexity index is 445. The second-order valence-corrected chi connectivity index (χ2v) is 6.34. The number of benzene rings is 1. The maximum atomic E-state index is 6.01. The number of ether oxygens (including phenoxy) is 1. The zero-order valence-electron chi connectivity index (χ0n) is 13.8. The lowest BCUT2D eigenvalue weighted by atomic mass is 9.98. The second-order valence-electron chi connectivity index (χ2n) is 6.34. The normalized spacial score (nSPS) is 21.8. The van der Waals surface area contributed by atoms with Gasteiger partial charge in [0, 0.05) is 18.2 Å². The molecule has 2 N–H and O–H groups in total. The molecule has 2 atom stereocenters. The zero-order valence-corrected chi connectivity index (χ0v) is 13.8. The van der Waals surface area contributed by atoms with Gasteiger partial charge in [0.25, 0.3) is 0 Å². The van der Waals surface area contributed by atoms with E-state index < -0.39 is 0 Å². The largest absolute Gasteiger partial charge is 0.496 e. The molecule has 3 nitrogen and oxygen atoms in total. The van der Waals surface area contributed by atoms with Gasteiger partial charge in [0.1, 0.15) is 5.75 Å². The van der Waals surface area contributed by atoms with Crippen LogP contribution in [0.2, 0.25) is 0 Å². The number of hydrogen-bond donors (Lipinski definition) is 1. The Labute approximate surface area is 129 Å². The molecule has 1 fully saturated rings. The minimum atomic E-state index is 0.0725. The minimum absolute atomic E-state index is 0.0725. The molecule has 0 spiro atoms. The summed E-state index contributed by atoms with van der Waals surface area (Å²) >= 11 is 0. The third-order valence-corrected chi connectivity index (χ3v) is 4.74. The van der Waals surface area contributed by atoms with Crippen molar-refractivity contribution in [3.8, 4) is 5.75 Å². The van der Waals surface area contributed by atoms with E-state index >= 15 is 0 Å². The first kappa shape index (κ1) is 16.3. The van der Waals surface area contributed by atoms with Crippen LogP contribution < -0.4 is 10.5 Å². The van der Waals surface area contributed by atoms with E-state index in [1.807, 2.05) is 6.92 Å². The number of rotatable bonds is 5. The minimum Gasteiger partial charge on any atom is -0.496 e. The van der Waals surface area contributed by atoms with Crippen molar-refractivity contribution >= 4 is 0 Å². The molecule has 1 heterocycles. The van der Waals surface area contributed by atoms with Gasteiger partial charge < -0.3 is 10.5 Å². The molecule has 0 aromatic heterocycles. The molecule has 0 aliphatic carbocycles. The van der Waals surface area contributed by atoms with Gasteiger partial charge in [-0.15, -0.1) is 0 Å². The predicted molar refractivity (Wildman–Crippen MR) is 88.5 cm³/mol. The Morgan fingerprint density at radius 2 is 2.14 bits per heavy atom. The third kappa shape index (κ3) is 4.45. The number of nitrogens with two attached hydrogens (primary N) is 1. The van der Waals surface area contributed by atoms with E-state index in [0.29, 0.717) is 0 Å². The quantitative estimate of drug-likeness (QED) is 0.898. The number of likely N-dealkylation sites (tertiary alicyclic amines) is 1. The zero-order chi connectivity index (χ0) is 15.2. The summed E-state index contributed by atoms with van der Waals surface area (Å²) in [5, 5.41) is 0. The van der Waals surface area contributed by atoms with E-state index in [1.54, 1.807) is 7.11 Å². The number of hydrogen-bond acceptors (Lipinski definition) is 3. The van der Waals surface area contributed by atoms with Crippen molar-refractivity contribution in [1.29, 1.82) is 0 Å². The Hall–Kier alpha value is -1.06. The molecule has 2 rings (SSSR count). The van der Waals surface area contributed by atoms with Crippen molar-refractivity contribution in [1.82, 2.24) is 4.90 Å². The molecular formula is C18H30N2O. The maximum Gasteiger partial charge on any atom is 0.123 e. The smallest absolute Gasteiger partial charge is 0.123 e. The first-order valence-corrected chi connectivity index (χ1v) is 8.28. The molecule has 1 aromatic carbocycles. The first-order valence-electron chi connectivity index (χ1n) is 8.28. The van der Waals surface area contributed by atoms with E-state index in [4.69, 9.17) is 10.5 Å². The molecule has 1 aromatic rings. The van der Waals surface area contributed by atoms with Gasteiger partial charge in [-0.25, -0.2) is 0 Å². The van der Waals surface area contributed by atoms with Gasteiger partial charge in [0.2, 0.25) is 0 Å². The average molecular weight is 290 g/mol. The standard InChI is InChI=1S/C18H30N2O/c1-4-15-6-5-10-20(11-9-15)13-17-12-16(14(2)19)7-8-18(17)21-3/h7-8,12,14-15H,4-6,9-11,13,19H2,1-3H3. The monoisotopic (exact) mass is 290 g/mol. The summed E-state index contributed by atoms with van der Waals surface area (Å²) < 4.78 is 5.53. The SMILES string of the molecule is CCC1CCCN(Cc2cc(C(C)N)ccc2OC)CC1. The molecule has 2 unspecified atom stereocenters. The lowest BCUT2D eigenvalue weighted by molar-refractivity contribution is 0.267. The molecular weight excluding hydrogens is 260 g/mol. The van der Waals surface area contributed by atoms with Crippen LogP contribution in [0.4, 0.5) is 0 Å². The van der Waals surface area contributed by atoms with E-state index in [1.165, 1.54) is 49.9 Å². The summed E-state index contributed by atoms with van der Waals surface area (Å²) in [6, 6.07) is 6.41. The summed E-state index contributed by atoms with van der Waals surface area (Å²) in [7, 11) is 1.75. The van der Waals surface area contributed by atoms with E-state index in [9.17, 15) is 0 Å². The van der Waals surface area contributed by atoms with Gasteiger partial charge in [0.05, 0.1) is 7.11 Å². The molecule has 118 valence electrons. The van der Waals surface area contributed by atoms with Crippen LogP contribution in [-0.2, 0) is 6.54 Å². The van der Waals surface area contributed by atoms with Gasteiger partial charge in [0.15, 0.2) is 0 Å². The van der Waals surface area contributed by atoms with Gasteiger partial charge in [-0.3, -0.25) is 4.90 Å². The molecule has 0 radical (unpaired) electrons. The highest BCUT2D eigenvalue weighted by atomic mass is 16.5. The van der Waals surface area contributed by atoms with Crippen molar-refractivity contribution in [2.45, 2.75) is 52.1 Å². The fourth-order valence-electron chi connectivity index (χ4n) is 3.24. The Morgan fingerprint density at radius 3 is 2.81 bits per heavy atom. The Balaban J connectivity index is 2.08. The molecule has 3 heteroatoms. The third-order valence-electron chi connectivity index (χ3n) is 4.74. The highest BCUT2D eigenvalue weighted by Crippen LogP contribution is 2.26. The van der Waals surface area contributed by atoms with Gasteiger partial charge in [-0.1, -0.05) is 19.4 Å². The van der Waals surface area contributed by atoms with Gasteiger partial charge >= 0.3 is 0 Å². The van der Waals surface area contributed by atoms with E-state index in [-0.39, 0.29) is 6.04 Å². The summed E-state index contributed by atoms with van der Waals surface area (Å²) in [6.45, 7) is 7.71. The average Bonchev–Trinajstić information content (AvgIpc) is 2.72.